The van der Waals surface area contributed by atoms with Crippen LogP contribution in [0.25, 0.3) is 0 Å². The van der Waals surface area contributed by atoms with E-state index in [4.69, 9.17) is 0 Å². The highest BCUT2D eigenvalue weighted by molar-refractivity contribution is 7.89. The first-order valence-electron chi connectivity index (χ1n) is 19.6. The van der Waals surface area contributed by atoms with Crippen molar-refractivity contribution in [1.82, 2.24) is 30.5 Å². The number of sulfonamides is 1. The topological polar surface area (TPSA) is 174 Å². The molecule has 0 aromatic heterocycles. The normalized spacial score (nSPS) is 26.0. The number of nitrogens with zero attached hydrogens (tertiary/aromatic N) is 2. The van der Waals surface area contributed by atoms with Crippen LogP contribution < -0.4 is 21.3 Å². The SMILES string of the molecule is C=CCNC(=O)C(=O)C(CC1CC1)NC(=O)[C@@H]1[C@@H]2C(CN1C(=O)[C@@H](NC(=O)N[C@H](CN1Cc3ccccc3S1(=O)=O)C(C)(C)C)C1CCCCC1)C2(C)C. The van der Waals surface area contributed by atoms with Gasteiger partial charge < -0.3 is 26.2 Å². The van der Waals surface area contributed by atoms with Crippen LogP contribution in [0.1, 0.15) is 91.5 Å². The molecule has 6 rings (SSSR count). The Kier molecular flexibility index (Phi) is 11.4. The molecular weight excluding hydrogens is 709 g/mol. The number of Topliss-reactive ketones (excluding diaryl/α,β-unsaturated/α-hetero) is 1. The number of fused-ring (bicyclic) bond motifs is 2. The maximum Gasteiger partial charge on any atom is 0.315 e. The van der Waals surface area contributed by atoms with Crippen LogP contribution in [0.3, 0.4) is 0 Å². The molecule has 0 bridgehead atoms. The molecule has 0 radical (unpaired) electrons. The number of carbonyl (C=O) groups excluding carboxylic acids is 5. The summed E-state index contributed by atoms with van der Waals surface area (Å²) >= 11 is 0. The molecule has 6 atom stereocenters. The van der Waals surface area contributed by atoms with Gasteiger partial charge in [-0.25, -0.2) is 13.2 Å². The van der Waals surface area contributed by atoms with Gasteiger partial charge in [0.25, 0.3) is 5.91 Å². The van der Waals surface area contributed by atoms with Crippen molar-refractivity contribution in [3.8, 4) is 0 Å². The molecule has 1 aromatic rings. The number of rotatable bonds is 14. The van der Waals surface area contributed by atoms with Crippen molar-refractivity contribution in [3.63, 3.8) is 0 Å². The molecule has 2 aliphatic heterocycles. The Hall–Kier alpha value is -3.78. The summed E-state index contributed by atoms with van der Waals surface area (Å²) in [5.41, 5.74) is -0.0210. The molecule has 1 aromatic carbocycles. The quantitative estimate of drug-likeness (QED) is 0.166. The summed E-state index contributed by atoms with van der Waals surface area (Å²) in [6.45, 7) is 14.3. The summed E-state index contributed by atoms with van der Waals surface area (Å²) in [5, 5.41) is 11.5. The van der Waals surface area contributed by atoms with Crippen molar-refractivity contribution >= 4 is 39.6 Å². The van der Waals surface area contributed by atoms with Crippen molar-refractivity contribution in [2.45, 2.75) is 122 Å². The number of piperidine rings is 1. The Morgan fingerprint density at radius 2 is 1.67 bits per heavy atom. The molecular formula is C40H58N6O7S. The largest absolute Gasteiger partial charge is 0.346 e. The van der Waals surface area contributed by atoms with Gasteiger partial charge in [0, 0.05) is 32.2 Å². The van der Waals surface area contributed by atoms with Crippen LogP contribution in [0.2, 0.25) is 0 Å². The van der Waals surface area contributed by atoms with Gasteiger partial charge >= 0.3 is 6.03 Å². The van der Waals surface area contributed by atoms with Crippen molar-refractivity contribution < 1.29 is 32.4 Å². The predicted octanol–water partition coefficient (Wildman–Crippen LogP) is 3.49. The average molecular weight is 767 g/mol. The fourth-order valence-electron chi connectivity index (χ4n) is 8.97. The molecule has 4 fully saturated rings. The van der Waals surface area contributed by atoms with E-state index in [0.29, 0.717) is 18.5 Å². The Labute approximate surface area is 319 Å². The predicted molar refractivity (Wildman–Crippen MR) is 203 cm³/mol. The molecule has 1 saturated heterocycles. The maximum atomic E-state index is 14.8. The van der Waals surface area contributed by atoms with Crippen molar-refractivity contribution in [3.05, 3.63) is 42.5 Å². The smallest absolute Gasteiger partial charge is 0.315 e. The second kappa shape index (κ2) is 15.4. The van der Waals surface area contributed by atoms with Crippen LogP contribution in [0, 0.1) is 34.5 Å². The highest BCUT2D eigenvalue weighted by Crippen LogP contribution is 2.65. The summed E-state index contributed by atoms with van der Waals surface area (Å²) in [5.74, 6) is -2.24. The molecule has 3 saturated carbocycles. The van der Waals surface area contributed by atoms with Gasteiger partial charge in [0.15, 0.2) is 0 Å². The highest BCUT2D eigenvalue weighted by atomic mass is 32.2. The van der Waals surface area contributed by atoms with Gasteiger partial charge in [-0.2, -0.15) is 4.31 Å². The molecule has 3 aliphatic carbocycles. The Morgan fingerprint density at radius 3 is 2.30 bits per heavy atom. The minimum absolute atomic E-state index is 0.0507. The van der Waals surface area contributed by atoms with E-state index in [-0.39, 0.29) is 59.5 Å². The lowest BCUT2D eigenvalue weighted by Crippen LogP contribution is -2.61. The summed E-state index contributed by atoms with van der Waals surface area (Å²) in [7, 11) is -3.74. The van der Waals surface area contributed by atoms with E-state index < -0.39 is 63.2 Å². The zero-order chi connectivity index (χ0) is 39.2. The third-order valence-corrected chi connectivity index (χ3v) is 14.5. The van der Waals surface area contributed by atoms with Gasteiger partial charge in [0.2, 0.25) is 27.6 Å². The number of benzene rings is 1. The third kappa shape index (κ3) is 8.24. The Morgan fingerprint density at radius 1 is 0.981 bits per heavy atom. The number of hydrogen-bond donors (Lipinski definition) is 4. The van der Waals surface area contributed by atoms with Gasteiger partial charge in [-0.15, -0.1) is 6.58 Å². The van der Waals surface area contributed by atoms with E-state index >= 15 is 0 Å². The summed E-state index contributed by atoms with van der Waals surface area (Å²) in [6, 6.07) is 2.97. The number of nitrogens with one attached hydrogen (secondary N) is 4. The van der Waals surface area contributed by atoms with Crippen molar-refractivity contribution in [2.75, 3.05) is 19.6 Å². The minimum atomic E-state index is -3.74. The molecule has 0 spiro atoms. The Balaban J connectivity index is 1.20. The molecule has 5 aliphatic rings. The summed E-state index contributed by atoms with van der Waals surface area (Å²) in [6.07, 6.45) is 8.03. The van der Waals surface area contributed by atoms with E-state index in [2.05, 4.69) is 41.7 Å². The van der Waals surface area contributed by atoms with E-state index in [1.807, 2.05) is 26.8 Å². The lowest BCUT2D eigenvalue weighted by Gasteiger charge is -2.38. The summed E-state index contributed by atoms with van der Waals surface area (Å²) < 4.78 is 28.2. The van der Waals surface area contributed by atoms with Gasteiger partial charge in [0.1, 0.15) is 12.1 Å². The monoisotopic (exact) mass is 766 g/mol. The third-order valence-electron chi connectivity index (χ3n) is 12.6. The molecule has 296 valence electrons. The molecule has 2 heterocycles. The van der Waals surface area contributed by atoms with Crippen LogP contribution in [0.4, 0.5) is 4.79 Å². The second-order valence-corrected chi connectivity index (χ2v) is 19.7. The minimum Gasteiger partial charge on any atom is -0.346 e. The first-order valence-corrected chi connectivity index (χ1v) is 21.1. The average Bonchev–Trinajstić information content (AvgIpc) is 3.95. The van der Waals surface area contributed by atoms with Crippen LogP contribution in [-0.2, 0) is 35.7 Å². The second-order valence-electron chi connectivity index (χ2n) is 17.8. The first-order chi connectivity index (χ1) is 25.4. The van der Waals surface area contributed by atoms with Crippen molar-refractivity contribution in [1.29, 1.82) is 0 Å². The molecule has 4 N–H and O–H groups in total. The number of amides is 5. The van der Waals surface area contributed by atoms with E-state index in [9.17, 15) is 32.4 Å². The fourth-order valence-corrected chi connectivity index (χ4v) is 10.6. The van der Waals surface area contributed by atoms with Crippen LogP contribution in [0.15, 0.2) is 41.8 Å². The van der Waals surface area contributed by atoms with Crippen LogP contribution in [0.5, 0.6) is 0 Å². The molecule has 14 heteroatoms. The van der Waals surface area contributed by atoms with Crippen LogP contribution >= 0.6 is 0 Å². The lowest BCUT2D eigenvalue weighted by molar-refractivity contribution is -0.144. The fraction of sp³-hybridized carbons (Fsp3) is 0.675. The van der Waals surface area contributed by atoms with Gasteiger partial charge in [0.05, 0.1) is 10.9 Å². The number of carbonyl (C=O) groups is 5. The van der Waals surface area contributed by atoms with Gasteiger partial charge in [-0.1, -0.05) is 91.0 Å². The number of urea groups is 1. The molecule has 2 unspecified atom stereocenters. The first kappa shape index (κ1) is 39.9. The standard InChI is InChI=1S/C40H58N6O7S/c1-7-19-41-36(49)34(47)28(20-24-17-18-24)42-35(48)33-31-27(40(31,5)6)22-46(33)37(50)32(25-13-9-8-10-14-25)44-38(51)43-30(39(2,3)4)23-45-21-26-15-11-12-16-29(26)54(45,52)53/h7,11-12,15-16,24-25,27-28,30-33H,1,8-10,13-14,17-23H2,2-6H3,(H,41,49)(H,42,48)(H2,43,44,51)/t27?,28?,30-,31+,32+,33+/m1/s1. The number of hydrogen-bond acceptors (Lipinski definition) is 7. The van der Waals surface area contributed by atoms with Gasteiger partial charge in [-0.05, 0) is 65.4 Å². The van der Waals surface area contributed by atoms with Gasteiger partial charge in [-0.3, -0.25) is 19.2 Å². The Bertz CT molecular complexity index is 1760. The number of likely N-dealkylation sites (tertiary alicyclic amines) is 1. The van der Waals surface area contributed by atoms with Crippen molar-refractivity contribution in [2.24, 2.45) is 34.5 Å². The summed E-state index contributed by atoms with van der Waals surface area (Å²) in [4.78, 5) is 70.8. The lowest BCUT2D eigenvalue weighted by atomic mass is 9.83. The maximum absolute atomic E-state index is 14.8. The highest BCUT2D eigenvalue weighted by Gasteiger charge is 2.70. The zero-order valence-electron chi connectivity index (χ0n) is 32.4. The van der Waals surface area contributed by atoms with E-state index in [1.54, 1.807) is 23.1 Å². The van der Waals surface area contributed by atoms with E-state index in [0.717, 1.165) is 44.9 Å². The zero-order valence-corrected chi connectivity index (χ0v) is 33.2. The molecule has 5 amide bonds. The van der Waals surface area contributed by atoms with E-state index in [1.165, 1.54) is 10.4 Å². The molecule has 54 heavy (non-hydrogen) atoms. The van der Waals surface area contributed by atoms with Crippen LogP contribution in [-0.4, -0.2) is 91.0 Å². The molecule has 13 nitrogen and oxygen atoms in total. The number of ketones is 1.